The first-order valence-electron chi connectivity index (χ1n) is 11.9. The molecule has 3 aromatic rings. The summed E-state index contributed by atoms with van der Waals surface area (Å²) in [6.07, 6.45) is 6.58. The van der Waals surface area contributed by atoms with Crippen LogP contribution in [0.15, 0.2) is 70.2 Å². The van der Waals surface area contributed by atoms with E-state index in [4.69, 9.17) is 4.42 Å². The molecule has 8 heteroatoms. The van der Waals surface area contributed by atoms with E-state index in [9.17, 15) is 18.0 Å². The van der Waals surface area contributed by atoms with Gasteiger partial charge < -0.3 is 14.2 Å². The molecule has 2 aromatic carbocycles. The SMILES string of the molecule is C[C@H]1CN(C(=O)c2ccco2)c2cc(-c3ccc(S(C)(=O)=O)cc3)ccc2N1C(=O)C1CCCC1. The van der Waals surface area contributed by atoms with Crippen LogP contribution in [0, 0.1) is 5.92 Å². The van der Waals surface area contributed by atoms with Crippen LogP contribution in [-0.2, 0) is 14.6 Å². The number of benzene rings is 2. The number of hydrogen-bond donors (Lipinski definition) is 0. The minimum atomic E-state index is -3.30. The number of carbonyl (C=O) groups is 2. The van der Waals surface area contributed by atoms with E-state index in [1.54, 1.807) is 41.3 Å². The van der Waals surface area contributed by atoms with E-state index in [1.807, 2.05) is 30.0 Å². The van der Waals surface area contributed by atoms with Crippen LogP contribution in [0.4, 0.5) is 11.4 Å². The van der Waals surface area contributed by atoms with E-state index in [0.717, 1.165) is 36.8 Å². The van der Waals surface area contributed by atoms with Gasteiger partial charge in [0.2, 0.25) is 5.91 Å². The van der Waals surface area contributed by atoms with Crippen molar-refractivity contribution < 1.29 is 22.4 Å². The van der Waals surface area contributed by atoms with E-state index in [0.29, 0.717) is 17.9 Å². The van der Waals surface area contributed by atoms with Crippen LogP contribution >= 0.6 is 0 Å². The van der Waals surface area contributed by atoms with Crippen molar-refractivity contribution in [1.29, 1.82) is 0 Å². The van der Waals surface area contributed by atoms with Crippen molar-refractivity contribution >= 4 is 33.0 Å². The number of rotatable bonds is 4. The van der Waals surface area contributed by atoms with Gasteiger partial charge in [-0.05, 0) is 67.3 Å². The van der Waals surface area contributed by atoms with Crippen LogP contribution in [0.25, 0.3) is 11.1 Å². The highest BCUT2D eigenvalue weighted by molar-refractivity contribution is 7.90. The average Bonchev–Trinajstić information content (AvgIpc) is 3.57. The van der Waals surface area contributed by atoms with E-state index < -0.39 is 9.84 Å². The summed E-state index contributed by atoms with van der Waals surface area (Å²) >= 11 is 0. The molecule has 0 bridgehead atoms. The Kier molecular flexibility index (Phi) is 6.01. The highest BCUT2D eigenvalue weighted by atomic mass is 32.2. The smallest absolute Gasteiger partial charge is 0.294 e. The molecule has 1 fully saturated rings. The molecule has 0 N–H and O–H groups in total. The van der Waals surface area contributed by atoms with Gasteiger partial charge in [0.05, 0.1) is 28.6 Å². The van der Waals surface area contributed by atoms with Crippen LogP contribution in [-0.4, -0.2) is 39.1 Å². The molecule has 1 aromatic heterocycles. The first-order valence-corrected chi connectivity index (χ1v) is 13.8. The topological polar surface area (TPSA) is 87.9 Å². The molecular formula is C27H28N2O5S. The Hall–Kier alpha value is -3.39. The van der Waals surface area contributed by atoms with Crippen LogP contribution in [0.1, 0.15) is 43.2 Å². The summed E-state index contributed by atoms with van der Waals surface area (Å²) in [7, 11) is -3.30. The van der Waals surface area contributed by atoms with Gasteiger partial charge in [-0.3, -0.25) is 9.59 Å². The van der Waals surface area contributed by atoms with Crippen molar-refractivity contribution in [3.63, 3.8) is 0 Å². The average molecular weight is 493 g/mol. The second kappa shape index (κ2) is 9.00. The predicted octanol–water partition coefficient (Wildman–Crippen LogP) is 4.92. The van der Waals surface area contributed by atoms with Gasteiger partial charge in [-0.1, -0.05) is 31.0 Å². The third kappa shape index (κ3) is 4.38. The number of fused-ring (bicyclic) bond motifs is 1. The zero-order valence-corrected chi connectivity index (χ0v) is 20.6. The molecule has 182 valence electrons. The fourth-order valence-corrected chi connectivity index (χ4v) is 5.76. The molecule has 2 heterocycles. The highest BCUT2D eigenvalue weighted by Gasteiger charge is 2.39. The zero-order valence-electron chi connectivity index (χ0n) is 19.8. The lowest BCUT2D eigenvalue weighted by molar-refractivity contribution is -0.122. The molecule has 2 aliphatic rings. The number of furan rings is 1. The van der Waals surface area contributed by atoms with Gasteiger partial charge in [-0.2, -0.15) is 0 Å². The Morgan fingerprint density at radius 2 is 1.63 bits per heavy atom. The molecule has 1 saturated carbocycles. The summed E-state index contributed by atoms with van der Waals surface area (Å²) in [5.41, 5.74) is 2.99. The van der Waals surface area contributed by atoms with Crippen molar-refractivity contribution in [2.45, 2.75) is 43.5 Å². The molecule has 1 aliphatic heterocycles. The third-order valence-electron chi connectivity index (χ3n) is 6.95. The lowest BCUT2D eigenvalue weighted by Gasteiger charge is -2.42. The van der Waals surface area contributed by atoms with Crippen molar-refractivity contribution in [1.82, 2.24) is 0 Å². The van der Waals surface area contributed by atoms with E-state index >= 15 is 0 Å². The highest BCUT2D eigenvalue weighted by Crippen LogP contribution is 2.41. The standard InChI is InChI=1S/C27H28N2O5S/c1-18-17-28(27(31)25-8-5-15-34-25)24-16-21(19-9-12-22(13-10-19)35(2,32)33)11-14-23(24)29(18)26(30)20-6-3-4-7-20/h5,8-16,18,20H,3-4,6-7,17H2,1-2H3/t18-/m0/s1. The largest absolute Gasteiger partial charge is 0.459 e. The summed E-state index contributed by atoms with van der Waals surface area (Å²) in [6.45, 7) is 2.32. The number of nitrogens with zero attached hydrogens (tertiary/aromatic N) is 2. The van der Waals surface area contributed by atoms with E-state index in [1.165, 1.54) is 12.5 Å². The number of sulfone groups is 1. The van der Waals surface area contributed by atoms with Gasteiger partial charge in [-0.15, -0.1) is 0 Å². The summed E-state index contributed by atoms with van der Waals surface area (Å²) in [5.74, 6) is 0.106. The van der Waals surface area contributed by atoms with Gasteiger partial charge in [-0.25, -0.2) is 8.42 Å². The lowest BCUT2D eigenvalue weighted by atomic mass is 9.98. The maximum absolute atomic E-state index is 13.5. The maximum atomic E-state index is 13.5. The molecule has 7 nitrogen and oxygen atoms in total. The molecule has 1 aliphatic carbocycles. The zero-order chi connectivity index (χ0) is 24.7. The number of carbonyl (C=O) groups excluding carboxylic acids is 2. The molecule has 2 amide bonds. The molecule has 0 unspecified atom stereocenters. The number of anilines is 2. The fraction of sp³-hybridized carbons (Fsp3) is 0.333. The first-order chi connectivity index (χ1) is 16.7. The quantitative estimate of drug-likeness (QED) is 0.516. The third-order valence-corrected chi connectivity index (χ3v) is 8.08. The molecule has 0 radical (unpaired) electrons. The molecular weight excluding hydrogens is 464 g/mol. The van der Waals surface area contributed by atoms with Crippen molar-refractivity contribution in [3.8, 4) is 11.1 Å². The van der Waals surface area contributed by atoms with E-state index in [-0.39, 0.29) is 34.4 Å². The van der Waals surface area contributed by atoms with Gasteiger partial charge >= 0.3 is 0 Å². The fourth-order valence-electron chi connectivity index (χ4n) is 5.13. The van der Waals surface area contributed by atoms with Gasteiger partial charge in [0, 0.05) is 18.7 Å². The maximum Gasteiger partial charge on any atom is 0.294 e. The van der Waals surface area contributed by atoms with Crippen LogP contribution in [0.5, 0.6) is 0 Å². The van der Waals surface area contributed by atoms with Crippen molar-refractivity contribution in [2.75, 3.05) is 22.6 Å². The first kappa shape index (κ1) is 23.4. The van der Waals surface area contributed by atoms with Gasteiger partial charge in [0.15, 0.2) is 15.6 Å². The number of hydrogen-bond acceptors (Lipinski definition) is 5. The molecule has 0 saturated heterocycles. The Bertz CT molecular complexity index is 1360. The van der Waals surface area contributed by atoms with E-state index in [2.05, 4.69) is 0 Å². The monoisotopic (exact) mass is 492 g/mol. The van der Waals surface area contributed by atoms with Crippen molar-refractivity contribution in [3.05, 3.63) is 66.6 Å². The second-order valence-electron chi connectivity index (χ2n) is 9.43. The Balaban J connectivity index is 1.58. The van der Waals surface area contributed by atoms with Gasteiger partial charge in [0.1, 0.15) is 0 Å². The van der Waals surface area contributed by atoms with Crippen LogP contribution in [0.3, 0.4) is 0 Å². The number of amides is 2. The Labute approximate surface area is 205 Å². The Morgan fingerprint density at radius 3 is 2.26 bits per heavy atom. The molecule has 35 heavy (non-hydrogen) atoms. The summed E-state index contributed by atoms with van der Waals surface area (Å²) in [4.78, 5) is 30.7. The molecule has 5 rings (SSSR count). The normalized spacial score (nSPS) is 18.5. The lowest BCUT2D eigenvalue weighted by Crippen LogP contribution is -2.53. The predicted molar refractivity (Wildman–Crippen MR) is 134 cm³/mol. The Morgan fingerprint density at radius 1 is 0.943 bits per heavy atom. The summed E-state index contributed by atoms with van der Waals surface area (Å²) in [5, 5.41) is 0. The molecule has 1 atom stereocenters. The minimum absolute atomic E-state index is 0.0147. The van der Waals surface area contributed by atoms with Crippen LogP contribution in [0.2, 0.25) is 0 Å². The van der Waals surface area contributed by atoms with Crippen molar-refractivity contribution in [2.24, 2.45) is 5.92 Å². The molecule has 0 spiro atoms. The van der Waals surface area contributed by atoms with Gasteiger partial charge in [0.25, 0.3) is 5.91 Å². The summed E-state index contributed by atoms with van der Waals surface area (Å²) < 4.78 is 29.1. The van der Waals surface area contributed by atoms with Crippen LogP contribution < -0.4 is 9.80 Å². The summed E-state index contributed by atoms with van der Waals surface area (Å²) in [6, 6.07) is 15.5. The second-order valence-corrected chi connectivity index (χ2v) is 11.4. The minimum Gasteiger partial charge on any atom is -0.459 e.